The van der Waals surface area contributed by atoms with E-state index >= 15 is 0 Å². The van der Waals surface area contributed by atoms with E-state index in [1.54, 1.807) is 13.3 Å². The smallest absolute Gasteiger partial charge is 0.263 e. The number of hydrogen-bond acceptors (Lipinski definition) is 6. The minimum absolute atomic E-state index is 0.0458. The average molecular weight is 335 g/mol. The van der Waals surface area contributed by atoms with Crippen LogP contribution in [0.1, 0.15) is 46.1 Å². The molecular weight excluding hydrogens is 314 g/mol. The molecule has 0 fully saturated rings. The van der Waals surface area contributed by atoms with Crippen molar-refractivity contribution in [3.05, 3.63) is 27.7 Å². The van der Waals surface area contributed by atoms with Gasteiger partial charge < -0.3 is 10.1 Å². The first kappa shape index (κ1) is 16.1. The summed E-state index contributed by atoms with van der Waals surface area (Å²) in [6, 6.07) is 0.0730. The molecule has 1 aliphatic heterocycles. The zero-order chi connectivity index (χ0) is 16.2. The monoisotopic (exact) mass is 335 g/mol. The summed E-state index contributed by atoms with van der Waals surface area (Å²) in [4.78, 5) is 21.8. The van der Waals surface area contributed by atoms with Gasteiger partial charge in [0.05, 0.1) is 17.7 Å². The molecule has 1 atom stereocenters. The molecule has 2 aromatic rings. The molecule has 0 saturated carbocycles. The third-order valence-electron chi connectivity index (χ3n) is 3.75. The number of aryl methyl sites for hydroxylation is 2. The van der Waals surface area contributed by atoms with Gasteiger partial charge >= 0.3 is 0 Å². The molecule has 0 spiro atoms. The van der Waals surface area contributed by atoms with E-state index in [-0.39, 0.29) is 11.9 Å². The normalized spacial score (nSPS) is 17.0. The summed E-state index contributed by atoms with van der Waals surface area (Å²) in [6.07, 6.45) is 5.32. The van der Waals surface area contributed by atoms with Gasteiger partial charge in [-0.25, -0.2) is 14.6 Å². The van der Waals surface area contributed by atoms with Gasteiger partial charge in [0, 0.05) is 19.6 Å². The maximum absolute atomic E-state index is 12.3. The molecular formula is C15H21N5O2S. The van der Waals surface area contributed by atoms with Gasteiger partial charge in [0.15, 0.2) is 5.82 Å². The summed E-state index contributed by atoms with van der Waals surface area (Å²) in [7, 11) is 1.63. The Hall–Kier alpha value is -1.80. The van der Waals surface area contributed by atoms with Crippen LogP contribution in [0.15, 0.2) is 6.20 Å². The van der Waals surface area contributed by atoms with Crippen LogP contribution >= 0.6 is 11.3 Å². The Bertz CT molecular complexity index is 681. The van der Waals surface area contributed by atoms with Crippen molar-refractivity contribution < 1.29 is 9.53 Å². The van der Waals surface area contributed by atoms with E-state index in [1.807, 2.05) is 4.68 Å². The van der Waals surface area contributed by atoms with Gasteiger partial charge in [-0.1, -0.05) is 6.92 Å². The van der Waals surface area contributed by atoms with Crippen molar-refractivity contribution in [2.24, 2.45) is 0 Å². The largest absolute Gasteiger partial charge is 0.377 e. The third kappa shape index (κ3) is 3.76. The molecule has 8 heteroatoms. The molecule has 7 nitrogen and oxygen atoms in total. The molecule has 0 saturated heterocycles. The molecule has 0 aliphatic carbocycles. The van der Waals surface area contributed by atoms with E-state index < -0.39 is 0 Å². The van der Waals surface area contributed by atoms with Crippen molar-refractivity contribution in [2.45, 2.75) is 51.8 Å². The SMILES string of the molecule is CCCc1ncc(C(=O)NC2CCc3nc(COC)nn3C2)s1. The lowest BCUT2D eigenvalue weighted by Gasteiger charge is -2.23. The highest BCUT2D eigenvalue weighted by Gasteiger charge is 2.24. The Morgan fingerprint density at radius 2 is 2.43 bits per heavy atom. The molecule has 0 bridgehead atoms. The standard InChI is InChI=1S/C15H21N5O2S/c1-3-4-14-16-7-11(23-14)15(21)17-10-5-6-13-18-12(9-22-2)19-20(13)8-10/h7,10H,3-6,8-9H2,1-2H3,(H,17,21). The van der Waals surface area contributed by atoms with Crippen LogP contribution in [0.4, 0.5) is 0 Å². The molecule has 1 amide bonds. The van der Waals surface area contributed by atoms with E-state index in [4.69, 9.17) is 4.74 Å². The van der Waals surface area contributed by atoms with E-state index in [9.17, 15) is 4.79 Å². The number of rotatable bonds is 6. The molecule has 1 N–H and O–H groups in total. The fourth-order valence-electron chi connectivity index (χ4n) is 2.67. The maximum atomic E-state index is 12.3. The van der Waals surface area contributed by atoms with Crippen molar-refractivity contribution in [3.63, 3.8) is 0 Å². The number of nitrogens with one attached hydrogen (secondary N) is 1. The third-order valence-corrected chi connectivity index (χ3v) is 4.81. The van der Waals surface area contributed by atoms with Gasteiger partial charge in [-0.3, -0.25) is 4.79 Å². The summed E-state index contributed by atoms with van der Waals surface area (Å²) in [5.41, 5.74) is 0. The van der Waals surface area contributed by atoms with Crippen molar-refractivity contribution >= 4 is 17.2 Å². The highest BCUT2D eigenvalue weighted by Crippen LogP contribution is 2.17. The molecule has 0 radical (unpaired) electrons. The van der Waals surface area contributed by atoms with E-state index in [0.717, 1.165) is 36.5 Å². The highest BCUT2D eigenvalue weighted by molar-refractivity contribution is 7.13. The van der Waals surface area contributed by atoms with Crippen LogP contribution in [0.2, 0.25) is 0 Å². The van der Waals surface area contributed by atoms with Crippen LogP contribution in [0.25, 0.3) is 0 Å². The number of thiazole rings is 1. The van der Waals surface area contributed by atoms with Crippen LogP contribution in [-0.2, 0) is 30.7 Å². The maximum Gasteiger partial charge on any atom is 0.263 e. The highest BCUT2D eigenvalue weighted by atomic mass is 32.1. The van der Waals surface area contributed by atoms with Crippen LogP contribution in [-0.4, -0.2) is 38.8 Å². The quantitative estimate of drug-likeness (QED) is 0.867. The van der Waals surface area contributed by atoms with Gasteiger partial charge in [0.25, 0.3) is 5.91 Å². The molecule has 1 unspecified atom stereocenters. The second-order valence-electron chi connectivity index (χ2n) is 5.64. The summed E-state index contributed by atoms with van der Waals surface area (Å²) in [5, 5.41) is 8.52. The number of nitrogens with zero attached hydrogens (tertiary/aromatic N) is 4. The molecule has 3 heterocycles. The van der Waals surface area contributed by atoms with Gasteiger partial charge in [0.2, 0.25) is 0 Å². The Kier molecular flexibility index (Phi) is 5.02. The first-order chi connectivity index (χ1) is 11.2. The molecule has 3 rings (SSSR count). The molecule has 2 aromatic heterocycles. The fourth-order valence-corrected chi connectivity index (χ4v) is 3.59. The number of carbonyl (C=O) groups excluding carboxylic acids is 1. The zero-order valence-electron chi connectivity index (χ0n) is 13.4. The van der Waals surface area contributed by atoms with Crippen molar-refractivity contribution in [2.75, 3.05) is 7.11 Å². The van der Waals surface area contributed by atoms with Gasteiger partial charge in [-0.2, -0.15) is 5.10 Å². The summed E-state index contributed by atoms with van der Waals surface area (Å²) in [6.45, 7) is 3.17. The number of fused-ring (bicyclic) bond motifs is 1. The predicted octanol–water partition coefficient (Wildman–Crippen LogP) is 1.58. The number of carbonyl (C=O) groups is 1. The van der Waals surface area contributed by atoms with Crippen LogP contribution < -0.4 is 5.32 Å². The minimum Gasteiger partial charge on any atom is -0.377 e. The summed E-state index contributed by atoms with van der Waals surface area (Å²) < 4.78 is 6.94. The second kappa shape index (κ2) is 7.18. The van der Waals surface area contributed by atoms with Gasteiger partial charge in [-0.15, -0.1) is 11.3 Å². The number of aromatic nitrogens is 4. The lowest BCUT2D eigenvalue weighted by atomic mass is 10.1. The summed E-state index contributed by atoms with van der Waals surface area (Å²) >= 11 is 1.48. The zero-order valence-corrected chi connectivity index (χ0v) is 14.2. The predicted molar refractivity (Wildman–Crippen MR) is 86.4 cm³/mol. The molecule has 0 aromatic carbocycles. The van der Waals surface area contributed by atoms with Crippen molar-refractivity contribution in [1.29, 1.82) is 0 Å². The molecule has 124 valence electrons. The lowest BCUT2D eigenvalue weighted by molar-refractivity contribution is 0.0930. The average Bonchev–Trinajstić information content (AvgIpc) is 3.14. The molecule has 1 aliphatic rings. The Balaban J connectivity index is 1.60. The van der Waals surface area contributed by atoms with E-state index in [2.05, 4.69) is 27.3 Å². The topological polar surface area (TPSA) is 81.9 Å². The number of amides is 1. The van der Waals surface area contributed by atoms with Crippen LogP contribution in [0.3, 0.4) is 0 Å². The first-order valence-electron chi connectivity index (χ1n) is 7.86. The number of hydrogen-bond donors (Lipinski definition) is 1. The number of methoxy groups -OCH3 is 1. The van der Waals surface area contributed by atoms with Crippen LogP contribution in [0, 0.1) is 0 Å². The molecule has 23 heavy (non-hydrogen) atoms. The minimum atomic E-state index is -0.0458. The van der Waals surface area contributed by atoms with E-state index in [0.29, 0.717) is 23.9 Å². The fraction of sp³-hybridized carbons (Fsp3) is 0.600. The summed E-state index contributed by atoms with van der Waals surface area (Å²) in [5.74, 6) is 1.61. The van der Waals surface area contributed by atoms with Crippen LogP contribution in [0.5, 0.6) is 0 Å². The van der Waals surface area contributed by atoms with E-state index in [1.165, 1.54) is 11.3 Å². The Morgan fingerprint density at radius 3 is 3.22 bits per heavy atom. The van der Waals surface area contributed by atoms with Gasteiger partial charge in [-0.05, 0) is 19.3 Å². The second-order valence-corrected chi connectivity index (χ2v) is 6.75. The first-order valence-corrected chi connectivity index (χ1v) is 8.68. The Morgan fingerprint density at radius 1 is 1.57 bits per heavy atom. The van der Waals surface area contributed by atoms with Crippen molar-refractivity contribution in [1.82, 2.24) is 25.1 Å². The van der Waals surface area contributed by atoms with Crippen molar-refractivity contribution in [3.8, 4) is 0 Å². The van der Waals surface area contributed by atoms with Gasteiger partial charge in [0.1, 0.15) is 17.3 Å². The lowest BCUT2D eigenvalue weighted by Crippen LogP contribution is -2.41. The number of ether oxygens (including phenoxy) is 1. The Labute approximate surface area is 139 Å².